The van der Waals surface area contributed by atoms with E-state index in [0.29, 0.717) is 22.9 Å². The van der Waals surface area contributed by atoms with Crippen LogP contribution in [0, 0.1) is 6.92 Å². The van der Waals surface area contributed by atoms with Crippen LogP contribution in [0.5, 0.6) is 5.75 Å². The van der Waals surface area contributed by atoms with Gasteiger partial charge in [-0.1, -0.05) is 29.8 Å². The molecule has 0 atom stereocenters. The minimum Gasteiger partial charge on any atom is -0.486 e. The molecular formula is C22H22N4O4S. The molecule has 0 fully saturated rings. The molecule has 31 heavy (non-hydrogen) atoms. The highest BCUT2D eigenvalue weighted by atomic mass is 32.1. The van der Waals surface area contributed by atoms with Crippen molar-refractivity contribution in [3.8, 4) is 5.75 Å². The van der Waals surface area contributed by atoms with E-state index in [9.17, 15) is 14.4 Å². The number of benzene rings is 2. The van der Waals surface area contributed by atoms with Crippen molar-refractivity contribution in [2.24, 2.45) is 5.73 Å². The third-order valence-electron chi connectivity index (χ3n) is 4.26. The minimum atomic E-state index is -0.611. The van der Waals surface area contributed by atoms with Gasteiger partial charge in [-0.2, -0.15) is 0 Å². The monoisotopic (exact) mass is 438 g/mol. The number of nitrogens with two attached hydrogens (primary N) is 1. The maximum atomic E-state index is 12.4. The van der Waals surface area contributed by atoms with Crippen LogP contribution in [0.25, 0.3) is 0 Å². The second-order valence-electron chi connectivity index (χ2n) is 6.76. The van der Waals surface area contributed by atoms with Gasteiger partial charge in [0, 0.05) is 17.5 Å². The predicted octanol–water partition coefficient (Wildman–Crippen LogP) is 2.18. The minimum absolute atomic E-state index is 0.220. The number of carbonyl (C=O) groups excluding carboxylic acids is 3. The summed E-state index contributed by atoms with van der Waals surface area (Å²) < 4.78 is 5.69. The normalized spacial score (nSPS) is 10.4. The lowest BCUT2D eigenvalue weighted by molar-refractivity contribution is -0.117. The fourth-order valence-electron chi connectivity index (χ4n) is 2.58. The van der Waals surface area contributed by atoms with Gasteiger partial charge in [0.15, 0.2) is 0 Å². The average Bonchev–Trinajstić information content (AvgIpc) is 3.25. The van der Waals surface area contributed by atoms with Crippen LogP contribution in [0.4, 0.5) is 0 Å². The van der Waals surface area contributed by atoms with E-state index in [1.165, 1.54) is 11.3 Å². The summed E-state index contributed by atoms with van der Waals surface area (Å²) >= 11 is 1.36. The zero-order valence-electron chi connectivity index (χ0n) is 16.9. The molecule has 0 radical (unpaired) electrons. The lowest BCUT2D eigenvalue weighted by Crippen LogP contribution is -2.33. The van der Waals surface area contributed by atoms with Crippen molar-refractivity contribution in [1.29, 1.82) is 0 Å². The van der Waals surface area contributed by atoms with E-state index in [-0.39, 0.29) is 19.0 Å². The van der Waals surface area contributed by atoms with Crippen LogP contribution in [0.3, 0.4) is 0 Å². The summed E-state index contributed by atoms with van der Waals surface area (Å²) in [6, 6.07) is 14.4. The van der Waals surface area contributed by atoms with Gasteiger partial charge in [-0.05, 0) is 36.8 Å². The Hall–Kier alpha value is -3.72. The topological polar surface area (TPSA) is 123 Å². The van der Waals surface area contributed by atoms with Gasteiger partial charge in [0.05, 0.1) is 6.54 Å². The number of rotatable bonds is 9. The first-order valence-electron chi connectivity index (χ1n) is 9.48. The molecule has 0 saturated carbocycles. The Balaban J connectivity index is 1.47. The van der Waals surface area contributed by atoms with E-state index in [1.54, 1.807) is 29.6 Å². The van der Waals surface area contributed by atoms with Gasteiger partial charge in [0.25, 0.3) is 11.8 Å². The van der Waals surface area contributed by atoms with Gasteiger partial charge in [0.2, 0.25) is 5.91 Å². The van der Waals surface area contributed by atoms with Crippen LogP contribution in [-0.4, -0.2) is 29.3 Å². The fraction of sp³-hybridized carbons (Fsp3) is 0.182. The van der Waals surface area contributed by atoms with Gasteiger partial charge in [-0.25, -0.2) is 4.98 Å². The van der Waals surface area contributed by atoms with Crippen molar-refractivity contribution in [2.45, 2.75) is 20.1 Å². The van der Waals surface area contributed by atoms with Crippen LogP contribution in [0.15, 0.2) is 53.9 Å². The maximum Gasteiger partial charge on any atom is 0.271 e. The molecule has 3 aromatic rings. The quantitative estimate of drug-likeness (QED) is 0.472. The predicted molar refractivity (Wildman–Crippen MR) is 117 cm³/mol. The molecule has 160 valence electrons. The summed E-state index contributed by atoms with van der Waals surface area (Å²) in [6.45, 7) is 2.37. The molecule has 9 heteroatoms. The maximum absolute atomic E-state index is 12.4. The van der Waals surface area contributed by atoms with Crippen LogP contribution in [0.2, 0.25) is 0 Å². The van der Waals surface area contributed by atoms with Gasteiger partial charge in [-0.15, -0.1) is 11.3 Å². The molecule has 0 saturated heterocycles. The number of aromatic nitrogens is 1. The number of hydrogen-bond acceptors (Lipinski definition) is 6. The van der Waals surface area contributed by atoms with Crippen LogP contribution >= 0.6 is 11.3 Å². The lowest BCUT2D eigenvalue weighted by Gasteiger charge is -2.06. The number of ether oxygens (including phenoxy) is 1. The Morgan fingerprint density at radius 1 is 1.00 bits per heavy atom. The SMILES string of the molecule is Cc1ccc(OCc2nc(C(=O)NCc3ccc(C(=O)NCC(N)=O)cc3)cs2)cc1. The van der Waals surface area contributed by atoms with Crippen molar-refractivity contribution in [2.75, 3.05) is 6.54 Å². The molecule has 8 nitrogen and oxygen atoms in total. The number of amides is 3. The molecule has 0 aliphatic heterocycles. The van der Waals surface area contributed by atoms with Gasteiger partial charge < -0.3 is 21.1 Å². The first-order valence-corrected chi connectivity index (χ1v) is 10.4. The van der Waals surface area contributed by atoms with Crippen molar-refractivity contribution in [3.05, 3.63) is 81.3 Å². The van der Waals surface area contributed by atoms with Crippen LogP contribution < -0.4 is 21.1 Å². The molecule has 0 aliphatic carbocycles. The van der Waals surface area contributed by atoms with E-state index < -0.39 is 11.8 Å². The molecule has 0 spiro atoms. The van der Waals surface area contributed by atoms with Gasteiger partial charge in [0.1, 0.15) is 23.1 Å². The Bertz CT molecular complexity index is 1060. The molecule has 0 aliphatic rings. The molecule has 1 heterocycles. The standard InChI is InChI=1S/C22H22N4O4S/c1-14-2-8-17(9-3-14)30-12-20-26-18(13-31-20)22(29)24-10-15-4-6-16(7-5-15)21(28)25-11-19(23)27/h2-9,13H,10-12H2,1H3,(H2,23,27)(H,24,29)(H,25,28). The number of aryl methyl sites for hydroxylation is 1. The summed E-state index contributed by atoms with van der Waals surface area (Å²) in [5.74, 6) is -0.545. The number of primary amides is 1. The smallest absolute Gasteiger partial charge is 0.271 e. The third kappa shape index (κ3) is 6.65. The highest BCUT2D eigenvalue weighted by Gasteiger charge is 2.12. The lowest BCUT2D eigenvalue weighted by atomic mass is 10.1. The summed E-state index contributed by atoms with van der Waals surface area (Å²) in [5, 5.41) is 7.61. The number of carbonyl (C=O) groups is 3. The molecule has 3 amide bonds. The average molecular weight is 439 g/mol. The fourth-order valence-corrected chi connectivity index (χ4v) is 3.26. The molecule has 1 aromatic heterocycles. The second kappa shape index (κ2) is 10.4. The molecular weight excluding hydrogens is 416 g/mol. The van der Waals surface area contributed by atoms with E-state index >= 15 is 0 Å². The van der Waals surface area contributed by atoms with Crippen molar-refractivity contribution < 1.29 is 19.1 Å². The molecule has 3 rings (SSSR count). The number of nitrogens with zero attached hydrogens (tertiary/aromatic N) is 1. The highest BCUT2D eigenvalue weighted by Crippen LogP contribution is 2.16. The van der Waals surface area contributed by atoms with Gasteiger partial charge in [-0.3, -0.25) is 14.4 Å². The van der Waals surface area contributed by atoms with Crippen molar-refractivity contribution in [3.63, 3.8) is 0 Å². The molecule has 0 bridgehead atoms. The van der Waals surface area contributed by atoms with Gasteiger partial charge >= 0.3 is 0 Å². The first-order chi connectivity index (χ1) is 14.9. The molecule has 0 unspecified atom stereocenters. The molecule has 2 aromatic carbocycles. The third-order valence-corrected chi connectivity index (χ3v) is 5.08. The summed E-state index contributed by atoms with van der Waals surface area (Å²) in [4.78, 5) is 39.3. The van der Waals surface area contributed by atoms with Crippen LogP contribution in [-0.2, 0) is 17.9 Å². The van der Waals surface area contributed by atoms with E-state index in [4.69, 9.17) is 10.5 Å². The summed E-state index contributed by atoms with van der Waals surface area (Å²) in [7, 11) is 0. The number of thiazole rings is 1. The largest absolute Gasteiger partial charge is 0.486 e. The number of nitrogens with one attached hydrogen (secondary N) is 2. The second-order valence-corrected chi connectivity index (χ2v) is 7.70. The van der Waals surface area contributed by atoms with E-state index in [1.807, 2.05) is 31.2 Å². The van der Waals surface area contributed by atoms with Crippen molar-refractivity contribution >= 4 is 29.1 Å². The van der Waals surface area contributed by atoms with Crippen molar-refractivity contribution in [1.82, 2.24) is 15.6 Å². The summed E-state index contributed by atoms with van der Waals surface area (Å²) in [5.41, 5.74) is 7.70. The zero-order chi connectivity index (χ0) is 22.2. The summed E-state index contributed by atoms with van der Waals surface area (Å²) in [6.07, 6.45) is 0. The number of hydrogen-bond donors (Lipinski definition) is 3. The Labute approximate surface area is 183 Å². The Morgan fingerprint density at radius 3 is 2.39 bits per heavy atom. The first kappa shape index (κ1) is 22.0. The van der Waals surface area contributed by atoms with E-state index in [0.717, 1.165) is 16.9 Å². The zero-order valence-corrected chi connectivity index (χ0v) is 17.7. The van der Waals surface area contributed by atoms with Crippen LogP contribution in [0.1, 0.15) is 37.0 Å². The Morgan fingerprint density at radius 2 is 1.71 bits per heavy atom. The van der Waals surface area contributed by atoms with E-state index in [2.05, 4.69) is 15.6 Å². The molecule has 4 N–H and O–H groups in total. The highest BCUT2D eigenvalue weighted by molar-refractivity contribution is 7.09. The Kier molecular flexibility index (Phi) is 7.34.